The quantitative estimate of drug-likeness (QED) is 0.744. The molecule has 0 atom stereocenters. The lowest BCUT2D eigenvalue weighted by Gasteiger charge is -2.15. The predicted octanol–water partition coefficient (Wildman–Crippen LogP) is 3.69. The van der Waals surface area contributed by atoms with Gasteiger partial charge in [-0.15, -0.1) is 11.3 Å². The van der Waals surface area contributed by atoms with Gasteiger partial charge in [-0.3, -0.25) is 0 Å². The van der Waals surface area contributed by atoms with Crippen LogP contribution in [0.1, 0.15) is 0 Å². The minimum Gasteiger partial charge on any atom is -0.493 e. The van der Waals surface area contributed by atoms with Gasteiger partial charge in [0.05, 0.1) is 24.4 Å². The summed E-state index contributed by atoms with van der Waals surface area (Å²) in [6.07, 6.45) is 0. The highest BCUT2D eigenvalue weighted by Gasteiger charge is 2.15. The molecule has 21 heavy (non-hydrogen) atoms. The van der Waals surface area contributed by atoms with Crippen LogP contribution < -0.4 is 19.9 Å². The number of rotatable bonds is 4. The molecule has 0 saturated carbocycles. The molecule has 0 unspecified atom stereocenters. The molecule has 0 aliphatic heterocycles. The average Bonchev–Trinajstić information content (AvgIpc) is 2.99. The highest BCUT2D eigenvalue weighted by molar-refractivity contribution is 7.16. The molecule has 0 bridgehead atoms. The standard InChI is InChI=1S/C15H14N2O3S/c1-18-10-4-3-5-11(19-2)15(10)20-9-6-7-12-14(13(9)16)17-8-21-12/h3-8H,16H2,1-2H3. The second-order valence-corrected chi connectivity index (χ2v) is 5.16. The van der Waals surface area contributed by atoms with E-state index < -0.39 is 0 Å². The molecule has 108 valence electrons. The van der Waals surface area contributed by atoms with Crippen molar-refractivity contribution < 1.29 is 14.2 Å². The van der Waals surface area contributed by atoms with Gasteiger partial charge in [-0.1, -0.05) is 6.07 Å². The first-order valence-corrected chi connectivity index (χ1v) is 7.13. The number of anilines is 1. The van der Waals surface area contributed by atoms with E-state index in [1.54, 1.807) is 31.9 Å². The summed E-state index contributed by atoms with van der Waals surface area (Å²) in [5.41, 5.74) is 9.13. The largest absolute Gasteiger partial charge is 0.493 e. The van der Waals surface area contributed by atoms with Crippen LogP contribution in [0.2, 0.25) is 0 Å². The van der Waals surface area contributed by atoms with Gasteiger partial charge >= 0.3 is 0 Å². The van der Waals surface area contributed by atoms with Crippen LogP contribution in [0.15, 0.2) is 35.8 Å². The number of methoxy groups -OCH3 is 2. The van der Waals surface area contributed by atoms with Gasteiger partial charge in [-0.05, 0) is 24.3 Å². The number of thiazole rings is 1. The summed E-state index contributed by atoms with van der Waals surface area (Å²) < 4.78 is 17.6. The molecule has 2 N–H and O–H groups in total. The highest BCUT2D eigenvalue weighted by atomic mass is 32.1. The van der Waals surface area contributed by atoms with Gasteiger partial charge in [0.2, 0.25) is 5.75 Å². The van der Waals surface area contributed by atoms with Crippen molar-refractivity contribution in [3.63, 3.8) is 0 Å². The second-order valence-electron chi connectivity index (χ2n) is 4.27. The van der Waals surface area contributed by atoms with Crippen LogP contribution in [0.3, 0.4) is 0 Å². The number of nitrogens with zero attached hydrogens (tertiary/aromatic N) is 1. The predicted molar refractivity (Wildman–Crippen MR) is 83.7 cm³/mol. The Labute approximate surface area is 125 Å². The van der Waals surface area contributed by atoms with Gasteiger partial charge < -0.3 is 19.9 Å². The van der Waals surface area contributed by atoms with Gasteiger partial charge in [-0.25, -0.2) is 4.98 Å². The number of nitrogens with two attached hydrogens (primary N) is 1. The minimum absolute atomic E-state index is 0.490. The van der Waals surface area contributed by atoms with Crippen molar-refractivity contribution in [3.8, 4) is 23.0 Å². The first-order chi connectivity index (χ1) is 10.2. The third-order valence-corrected chi connectivity index (χ3v) is 3.89. The van der Waals surface area contributed by atoms with Crippen molar-refractivity contribution in [1.82, 2.24) is 4.98 Å². The summed E-state index contributed by atoms with van der Waals surface area (Å²) in [5.74, 6) is 2.17. The van der Waals surface area contributed by atoms with Gasteiger partial charge in [0, 0.05) is 0 Å². The normalized spacial score (nSPS) is 10.6. The summed E-state index contributed by atoms with van der Waals surface area (Å²) in [5, 5.41) is 0. The Morgan fingerprint density at radius 2 is 1.71 bits per heavy atom. The number of aromatic nitrogens is 1. The number of ether oxygens (including phenoxy) is 3. The summed E-state index contributed by atoms with van der Waals surface area (Å²) in [7, 11) is 3.16. The van der Waals surface area contributed by atoms with Crippen molar-refractivity contribution in [3.05, 3.63) is 35.8 Å². The van der Waals surface area contributed by atoms with E-state index in [4.69, 9.17) is 19.9 Å². The van der Waals surface area contributed by atoms with Crippen LogP contribution >= 0.6 is 11.3 Å². The Morgan fingerprint density at radius 1 is 1.00 bits per heavy atom. The van der Waals surface area contributed by atoms with E-state index in [-0.39, 0.29) is 0 Å². The molecule has 0 aliphatic carbocycles. The lowest BCUT2D eigenvalue weighted by Crippen LogP contribution is -1.97. The lowest BCUT2D eigenvalue weighted by atomic mass is 10.2. The van der Waals surface area contributed by atoms with Crippen LogP contribution in [-0.2, 0) is 0 Å². The van der Waals surface area contributed by atoms with E-state index in [2.05, 4.69) is 4.98 Å². The Bertz CT molecular complexity index is 763. The molecule has 0 spiro atoms. The van der Waals surface area contributed by atoms with Crippen LogP contribution in [-0.4, -0.2) is 19.2 Å². The van der Waals surface area contributed by atoms with Crippen LogP contribution in [0.25, 0.3) is 10.2 Å². The molecule has 0 radical (unpaired) electrons. The van der Waals surface area contributed by atoms with Crippen LogP contribution in [0.5, 0.6) is 23.0 Å². The van der Waals surface area contributed by atoms with E-state index in [9.17, 15) is 0 Å². The Balaban J connectivity index is 2.08. The molecule has 1 heterocycles. The van der Waals surface area contributed by atoms with E-state index >= 15 is 0 Å². The van der Waals surface area contributed by atoms with Crippen LogP contribution in [0, 0.1) is 0 Å². The lowest BCUT2D eigenvalue weighted by molar-refractivity contribution is 0.347. The highest BCUT2D eigenvalue weighted by Crippen LogP contribution is 2.42. The number of fused-ring (bicyclic) bond motifs is 1. The Kier molecular flexibility index (Phi) is 3.53. The third-order valence-electron chi connectivity index (χ3n) is 3.10. The zero-order valence-electron chi connectivity index (χ0n) is 11.6. The number of benzene rings is 2. The van der Waals surface area contributed by atoms with Gasteiger partial charge in [0.1, 0.15) is 11.2 Å². The molecule has 0 aliphatic rings. The van der Waals surface area contributed by atoms with E-state index in [1.165, 1.54) is 11.3 Å². The maximum Gasteiger partial charge on any atom is 0.211 e. The molecule has 3 rings (SSSR count). The van der Waals surface area contributed by atoms with Crippen molar-refractivity contribution in [1.29, 1.82) is 0 Å². The molecule has 5 nitrogen and oxygen atoms in total. The fourth-order valence-electron chi connectivity index (χ4n) is 2.05. The molecular formula is C15H14N2O3S. The molecule has 3 aromatic rings. The van der Waals surface area contributed by atoms with Crippen molar-refractivity contribution in [2.24, 2.45) is 0 Å². The number of nitrogen functional groups attached to an aromatic ring is 1. The van der Waals surface area contributed by atoms with Crippen LogP contribution in [0.4, 0.5) is 5.69 Å². The number of hydrogen-bond donors (Lipinski definition) is 1. The smallest absolute Gasteiger partial charge is 0.211 e. The first kappa shape index (κ1) is 13.5. The van der Waals surface area contributed by atoms with Crippen molar-refractivity contribution >= 4 is 27.2 Å². The Hall–Kier alpha value is -2.47. The zero-order chi connectivity index (χ0) is 14.8. The first-order valence-electron chi connectivity index (χ1n) is 6.25. The van der Waals surface area contributed by atoms with Crippen molar-refractivity contribution in [2.45, 2.75) is 0 Å². The van der Waals surface area contributed by atoms with Gasteiger partial charge in [-0.2, -0.15) is 0 Å². The van der Waals surface area contributed by atoms with E-state index in [0.29, 0.717) is 28.7 Å². The summed E-state index contributed by atoms with van der Waals surface area (Å²) >= 11 is 1.54. The van der Waals surface area contributed by atoms with Crippen molar-refractivity contribution in [2.75, 3.05) is 20.0 Å². The SMILES string of the molecule is COc1cccc(OC)c1Oc1ccc2scnc2c1N. The fourth-order valence-corrected chi connectivity index (χ4v) is 2.74. The molecule has 0 amide bonds. The molecular weight excluding hydrogens is 288 g/mol. The zero-order valence-corrected chi connectivity index (χ0v) is 12.4. The third kappa shape index (κ3) is 2.34. The molecule has 6 heteroatoms. The minimum atomic E-state index is 0.490. The molecule has 2 aromatic carbocycles. The maximum atomic E-state index is 6.13. The number of hydrogen-bond acceptors (Lipinski definition) is 6. The van der Waals surface area contributed by atoms with E-state index in [0.717, 1.165) is 10.2 Å². The summed E-state index contributed by atoms with van der Waals surface area (Å²) in [4.78, 5) is 4.26. The van der Waals surface area contributed by atoms with E-state index in [1.807, 2.05) is 18.2 Å². The monoisotopic (exact) mass is 302 g/mol. The topological polar surface area (TPSA) is 66.6 Å². The fraction of sp³-hybridized carbons (Fsp3) is 0.133. The van der Waals surface area contributed by atoms with Gasteiger partial charge in [0.15, 0.2) is 17.2 Å². The average molecular weight is 302 g/mol. The molecule has 0 saturated heterocycles. The maximum absolute atomic E-state index is 6.13. The van der Waals surface area contributed by atoms with Gasteiger partial charge in [0.25, 0.3) is 0 Å². The molecule has 1 aromatic heterocycles. The Morgan fingerprint density at radius 3 is 2.38 bits per heavy atom. The molecule has 0 fully saturated rings. The summed E-state index contributed by atoms with van der Waals surface area (Å²) in [6, 6.07) is 9.19. The number of para-hydroxylation sites is 1. The second kappa shape index (κ2) is 5.49. The summed E-state index contributed by atoms with van der Waals surface area (Å²) in [6.45, 7) is 0.